The zero-order valence-corrected chi connectivity index (χ0v) is 12.0. The van der Waals surface area contributed by atoms with Crippen LogP contribution in [0.2, 0.25) is 0 Å². The van der Waals surface area contributed by atoms with E-state index in [0.717, 1.165) is 16.3 Å². The summed E-state index contributed by atoms with van der Waals surface area (Å²) in [6, 6.07) is 18.1. The molecule has 2 N–H and O–H groups in total. The molecule has 4 nitrogen and oxygen atoms in total. The van der Waals surface area contributed by atoms with Gasteiger partial charge in [0, 0.05) is 23.8 Å². The smallest absolute Gasteiger partial charge is 0.221 e. The van der Waals surface area contributed by atoms with E-state index in [-0.39, 0.29) is 11.5 Å². The summed E-state index contributed by atoms with van der Waals surface area (Å²) >= 11 is 0. The first kappa shape index (κ1) is 13.9. The van der Waals surface area contributed by atoms with E-state index in [9.17, 15) is 10.2 Å². The number of hydrogen-bond donors (Lipinski definition) is 2. The van der Waals surface area contributed by atoms with Gasteiger partial charge < -0.3 is 14.9 Å². The second kappa shape index (κ2) is 5.77. The third-order valence-corrected chi connectivity index (χ3v) is 3.31. The van der Waals surface area contributed by atoms with Crippen LogP contribution in [0.5, 0.6) is 11.5 Å². The molecule has 0 amide bonds. The van der Waals surface area contributed by atoms with E-state index in [2.05, 4.69) is 4.99 Å². The second-order valence-electron chi connectivity index (χ2n) is 4.89. The highest BCUT2D eigenvalue weighted by atomic mass is 16.5. The lowest BCUT2D eigenvalue weighted by Crippen LogP contribution is -2.02. The molecule has 0 aliphatic carbocycles. The van der Waals surface area contributed by atoms with Crippen molar-refractivity contribution in [1.29, 1.82) is 0 Å². The summed E-state index contributed by atoms with van der Waals surface area (Å²) in [5.41, 5.74) is 1.24. The second-order valence-corrected chi connectivity index (χ2v) is 4.89. The monoisotopic (exact) mass is 293 g/mol. The van der Waals surface area contributed by atoms with Crippen molar-refractivity contribution in [2.45, 2.75) is 0 Å². The average molecular weight is 293 g/mol. The first-order valence-corrected chi connectivity index (χ1v) is 6.80. The zero-order valence-electron chi connectivity index (χ0n) is 12.0. The van der Waals surface area contributed by atoms with Gasteiger partial charge in [0.1, 0.15) is 11.5 Å². The molecule has 3 aromatic rings. The molecule has 0 aromatic heterocycles. The van der Waals surface area contributed by atoms with Gasteiger partial charge in [-0.3, -0.25) is 0 Å². The van der Waals surface area contributed by atoms with Gasteiger partial charge in [-0.05, 0) is 22.9 Å². The molecule has 0 bridgehead atoms. The highest BCUT2D eigenvalue weighted by Gasteiger charge is 2.06. The number of benzene rings is 3. The number of aliphatic imine (C=N–C) groups is 1. The van der Waals surface area contributed by atoms with Crippen LogP contribution in [0.25, 0.3) is 10.8 Å². The summed E-state index contributed by atoms with van der Waals surface area (Å²) < 4.78 is 5.36. The van der Waals surface area contributed by atoms with Crippen LogP contribution in [0.3, 0.4) is 0 Å². The van der Waals surface area contributed by atoms with Crippen molar-refractivity contribution in [1.82, 2.24) is 0 Å². The lowest BCUT2D eigenvalue weighted by atomic mass is 10.1. The number of phenols is 2. The summed E-state index contributed by atoms with van der Waals surface area (Å²) in [5, 5.41) is 21.3. The van der Waals surface area contributed by atoms with E-state index in [0.29, 0.717) is 11.6 Å². The van der Waals surface area contributed by atoms with Gasteiger partial charge in [0.05, 0.1) is 12.8 Å². The van der Waals surface area contributed by atoms with Gasteiger partial charge in [0.15, 0.2) is 0 Å². The van der Waals surface area contributed by atoms with E-state index >= 15 is 0 Å². The van der Waals surface area contributed by atoms with Crippen molar-refractivity contribution in [3.05, 3.63) is 66.2 Å². The first-order valence-electron chi connectivity index (χ1n) is 6.80. The Morgan fingerprint density at radius 2 is 1.55 bits per heavy atom. The summed E-state index contributed by atoms with van der Waals surface area (Å²) in [5.74, 6) is 0.316. The number of ether oxygens (including phenoxy) is 1. The maximum absolute atomic E-state index is 9.52. The van der Waals surface area contributed by atoms with Gasteiger partial charge in [-0.2, -0.15) is 0 Å². The molecule has 0 spiro atoms. The van der Waals surface area contributed by atoms with Crippen molar-refractivity contribution in [3.63, 3.8) is 0 Å². The Kier molecular flexibility index (Phi) is 3.66. The van der Waals surface area contributed by atoms with Gasteiger partial charge in [0.2, 0.25) is 5.90 Å². The van der Waals surface area contributed by atoms with E-state index in [4.69, 9.17) is 4.74 Å². The standard InChI is InChI=1S/C18H15NO3/c1-22-18(19-15-9-16(20)11-17(21)10-15)14-7-6-12-4-2-3-5-13(12)8-14/h2-11,20-21H,1H3. The summed E-state index contributed by atoms with van der Waals surface area (Å²) in [6.45, 7) is 0. The molecule has 0 saturated heterocycles. The van der Waals surface area contributed by atoms with E-state index < -0.39 is 0 Å². The SMILES string of the molecule is COC(=Nc1cc(O)cc(O)c1)c1ccc2ccccc2c1. The lowest BCUT2D eigenvalue weighted by Gasteiger charge is -2.07. The van der Waals surface area contributed by atoms with E-state index in [1.54, 1.807) is 0 Å². The molecule has 0 aliphatic rings. The third kappa shape index (κ3) is 2.86. The fourth-order valence-electron chi connectivity index (χ4n) is 2.31. The molecular weight excluding hydrogens is 278 g/mol. The fourth-order valence-corrected chi connectivity index (χ4v) is 2.31. The molecule has 0 atom stereocenters. The quantitative estimate of drug-likeness (QED) is 0.555. The number of methoxy groups -OCH3 is 1. The number of fused-ring (bicyclic) bond motifs is 1. The molecule has 22 heavy (non-hydrogen) atoms. The van der Waals surface area contributed by atoms with Crippen molar-refractivity contribution >= 4 is 22.4 Å². The van der Waals surface area contributed by atoms with Crippen LogP contribution >= 0.6 is 0 Å². The van der Waals surface area contributed by atoms with Crippen LogP contribution in [0.4, 0.5) is 5.69 Å². The fraction of sp³-hybridized carbons (Fsp3) is 0.0556. The van der Waals surface area contributed by atoms with Gasteiger partial charge in [-0.15, -0.1) is 0 Å². The Hall–Kier alpha value is -3.01. The number of phenolic OH excluding ortho intramolecular Hbond substituents is 2. The predicted octanol–water partition coefficient (Wildman–Crippen LogP) is 3.98. The Morgan fingerprint density at radius 3 is 2.23 bits per heavy atom. The van der Waals surface area contributed by atoms with Crippen molar-refractivity contribution in [2.24, 2.45) is 4.99 Å². The molecule has 0 aliphatic heterocycles. The molecule has 0 radical (unpaired) electrons. The third-order valence-electron chi connectivity index (χ3n) is 3.31. The van der Waals surface area contributed by atoms with Gasteiger partial charge in [-0.1, -0.05) is 30.3 Å². The van der Waals surface area contributed by atoms with Crippen LogP contribution < -0.4 is 0 Å². The van der Waals surface area contributed by atoms with Gasteiger partial charge >= 0.3 is 0 Å². The largest absolute Gasteiger partial charge is 0.508 e. The maximum Gasteiger partial charge on any atom is 0.221 e. The first-order chi connectivity index (χ1) is 10.7. The molecule has 3 aromatic carbocycles. The minimum Gasteiger partial charge on any atom is -0.508 e. The van der Waals surface area contributed by atoms with Crippen LogP contribution in [0.1, 0.15) is 5.56 Å². The van der Waals surface area contributed by atoms with E-state index in [1.165, 1.54) is 25.3 Å². The van der Waals surface area contributed by atoms with Crippen molar-refractivity contribution < 1.29 is 14.9 Å². The molecule has 4 heteroatoms. The topological polar surface area (TPSA) is 62.0 Å². The molecule has 110 valence electrons. The number of aromatic hydroxyl groups is 2. The van der Waals surface area contributed by atoms with Gasteiger partial charge in [0.25, 0.3) is 0 Å². The molecule has 0 fully saturated rings. The Balaban J connectivity index is 2.06. The van der Waals surface area contributed by atoms with Crippen molar-refractivity contribution in [2.75, 3.05) is 7.11 Å². The van der Waals surface area contributed by atoms with Crippen LogP contribution in [-0.4, -0.2) is 23.2 Å². The zero-order chi connectivity index (χ0) is 15.5. The Bertz CT molecular complexity index is 836. The molecule has 0 heterocycles. The Labute approximate surface area is 127 Å². The summed E-state index contributed by atoms with van der Waals surface area (Å²) in [6.07, 6.45) is 0. The number of nitrogens with zero attached hydrogens (tertiary/aromatic N) is 1. The number of rotatable bonds is 2. The molecular formula is C18H15NO3. The van der Waals surface area contributed by atoms with E-state index in [1.807, 2.05) is 42.5 Å². The normalized spacial score (nSPS) is 11.6. The Morgan fingerprint density at radius 1 is 0.864 bits per heavy atom. The van der Waals surface area contributed by atoms with Crippen LogP contribution in [0.15, 0.2) is 65.7 Å². The predicted molar refractivity (Wildman–Crippen MR) is 86.9 cm³/mol. The van der Waals surface area contributed by atoms with Crippen LogP contribution in [0, 0.1) is 0 Å². The molecule has 0 unspecified atom stereocenters. The highest BCUT2D eigenvalue weighted by Crippen LogP contribution is 2.27. The summed E-state index contributed by atoms with van der Waals surface area (Å²) in [4.78, 5) is 4.35. The summed E-state index contributed by atoms with van der Waals surface area (Å²) in [7, 11) is 1.54. The highest BCUT2D eigenvalue weighted by molar-refractivity contribution is 5.99. The number of hydrogen-bond acceptors (Lipinski definition) is 4. The minimum atomic E-state index is -0.0484. The van der Waals surface area contributed by atoms with Crippen molar-refractivity contribution in [3.8, 4) is 11.5 Å². The van der Waals surface area contributed by atoms with Crippen LogP contribution in [-0.2, 0) is 4.74 Å². The molecule has 0 saturated carbocycles. The minimum absolute atomic E-state index is 0.0484. The molecule has 3 rings (SSSR count). The average Bonchev–Trinajstić information content (AvgIpc) is 2.51. The van der Waals surface area contributed by atoms with Gasteiger partial charge in [-0.25, -0.2) is 4.99 Å². The maximum atomic E-state index is 9.52. The lowest BCUT2D eigenvalue weighted by molar-refractivity contribution is 0.405.